The zero-order chi connectivity index (χ0) is 21.5. The molecule has 0 fully saturated rings. The third-order valence-corrected chi connectivity index (χ3v) is 5.73. The Morgan fingerprint density at radius 3 is 2.27 bits per heavy atom. The second-order valence-corrected chi connectivity index (χ2v) is 7.65. The second kappa shape index (κ2) is 10.2. The van der Waals surface area contributed by atoms with Gasteiger partial charge in [-0.05, 0) is 41.8 Å². The van der Waals surface area contributed by atoms with Crippen LogP contribution in [0.5, 0.6) is 5.75 Å². The SMILES string of the molecule is C=C[C@H]([C@H](O)CC/C(=C/c1ccc(O)c2ccccc12)CC)[C@H](O)c1ccccc1. The van der Waals surface area contributed by atoms with E-state index in [4.69, 9.17) is 0 Å². The van der Waals surface area contributed by atoms with Crippen molar-refractivity contribution < 1.29 is 15.3 Å². The van der Waals surface area contributed by atoms with Gasteiger partial charge in [0.05, 0.1) is 12.2 Å². The maximum Gasteiger partial charge on any atom is 0.123 e. The molecule has 3 rings (SSSR count). The lowest BCUT2D eigenvalue weighted by Crippen LogP contribution is -2.25. The van der Waals surface area contributed by atoms with E-state index in [2.05, 4.69) is 19.6 Å². The summed E-state index contributed by atoms with van der Waals surface area (Å²) in [6.07, 6.45) is 4.44. The number of aromatic hydroxyl groups is 1. The molecule has 3 N–H and O–H groups in total. The van der Waals surface area contributed by atoms with Crippen LogP contribution in [0.2, 0.25) is 0 Å². The van der Waals surface area contributed by atoms with Gasteiger partial charge >= 0.3 is 0 Å². The Morgan fingerprint density at radius 2 is 1.60 bits per heavy atom. The number of hydrogen-bond acceptors (Lipinski definition) is 3. The van der Waals surface area contributed by atoms with E-state index >= 15 is 0 Å². The summed E-state index contributed by atoms with van der Waals surface area (Å²) in [6.45, 7) is 5.93. The molecule has 0 amide bonds. The quantitative estimate of drug-likeness (QED) is 0.384. The van der Waals surface area contributed by atoms with E-state index in [0.29, 0.717) is 6.42 Å². The van der Waals surface area contributed by atoms with Gasteiger partial charge < -0.3 is 15.3 Å². The predicted octanol–water partition coefficient (Wildman–Crippen LogP) is 6.02. The van der Waals surface area contributed by atoms with Crippen LogP contribution in [0.4, 0.5) is 0 Å². The maximum absolute atomic E-state index is 10.8. The van der Waals surface area contributed by atoms with Crippen molar-refractivity contribution in [1.82, 2.24) is 0 Å². The molecular weight excluding hydrogens is 372 g/mol. The highest BCUT2D eigenvalue weighted by molar-refractivity contribution is 5.94. The summed E-state index contributed by atoms with van der Waals surface area (Å²) in [6, 6.07) is 20.8. The van der Waals surface area contributed by atoms with Gasteiger partial charge in [-0.25, -0.2) is 0 Å². The van der Waals surface area contributed by atoms with Gasteiger partial charge in [-0.2, -0.15) is 0 Å². The maximum atomic E-state index is 10.8. The minimum Gasteiger partial charge on any atom is -0.507 e. The molecule has 0 saturated heterocycles. The molecule has 3 aromatic carbocycles. The number of fused-ring (bicyclic) bond motifs is 1. The Hall–Kier alpha value is -2.88. The second-order valence-electron chi connectivity index (χ2n) is 7.65. The molecule has 3 nitrogen and oxygen atoms in total. The summed E-state index contributed by atoms with van der Waals surface area (Å²) in [5, 5.41) is 33.4. The Labute approximate surface area is 178 Å². The van der Waals surface area contributed by atoms with Gasteiger partial charge in [0.1, 0.15) is 5.75 Å². The normalized spacial score (nSPS) is 15.0. The molecular formula is C27H30O3. The lowest BCUT2D eigenvalue weighted by atomic mass is 9.87. The predicted molar refractivity (Wildman–Crippen MR) is 124 cm³/mol. The average molecular weight is 403 g/mol. The van der Waals surface area contributed by atoms with Crippen LogP contribution >= 0.6 is 0 Å². The Kier molecular flexibility index (Phi) is 7.45. The lowest BCUT2D eigenvalue weighted by molar-refractivity contribution is 0.0318. The highest BCUT2D eigenvalue weighted by Crippen LogP contribution is 2.31. The summed E-state index contributed by atoms with van der Waals surface area (Å²) in [5.41, 5.74) is 3.05. The smallest absolute Gasteiger partial charge is 0.123 e. The van der Waals surface area contributed by atoms with Gasteiger partial charge in [0.2, 0.25) is 0 Å². The minimum absolute atomic E-state index is 0.278. The first-order valence-corrected chi connectivity index (χ1v) is 10.5. The molecule has 156 valence electrons. The van der Waals surface area contributed by atoms with E-state index in [-0.39, 0.29) is 5.75 Å². The highest BCUT2D eigenvalue weighted by atomic mass is 16.3. The van der Waals surface area contributed by atoms with Crippen LogP contribution < -0.4 is 0 Å². The summed E-state index contributed by atoms with van der Waals surface area (Å²) in [4.78, 5) is 0. The fourth-order valence-corrected chi connectivity index (χ4v) is 3.90. The molecule has 0 aliphatic carbocycles. The van der Waals surface area contributed by atoms with Gasteiger partial charge in [0.15, 0.2) is 0 Å². The highest BCUT2D eigenvalue weighted by Gasteiger charge is 2.25. The standard InChI is InChI=1S/C27H30O3/c1-3-19(18-21-15-17-26(29)24-13-9-8-12-23(21)24)14-16-25(28)22(4-2)27(30)20-10-6-5-7-11-20/h4-13,15,17-18,22,25,27-30H,2-3,14,16H2,1H3/b19-18+/t22-,25-,27-/m1/s1. The molecule has 0 aliphatic rings. The van der Waals surface area contributed by atoms with E-state index < -0.39 is 18.1 Å². The lowest BCUT2D eigenvalue weighted by Gasteiger charge is -2.25. The average Bonchev–Trinajstić information content (AvgIpc) is 2.79. The number of allylic oxidation sites excluding steroid dienone is 1. The first-order chi connectivity index (χ1) is 14.5. The Balaban J connectivity index is 1.75. The van der Waals surface area contributed by atoms with Crippen molar-refractivity contribution in [1.29, 1.82) is 0 Å². The number of phenolic OH excluding ortho intramolecular Hbond substituents is 1. The van der Waals surface area contributed by atoms with Crippen LogP contribution in [0.25, 0.3) is 16.8 Å². The molecule has 0 aromatic heterocycles. The van der Waals surface area contributed by atoms with Crippen molar-refractivity contribution in [2.75, 3.05) is 0 Å². The summed E-state index contributed by atoms with van der Waals surface area (Å²) >= 11 is 0. The topological polar surface area (TPSA) is 60.7 Å². The minimum atomic E-state index is -0.784. The van der Waals surface area contributed by atoms with Crippen molar-refractivity contribution in [3.05, 3.63) is 96.1 Å². The van der Waals surface area contributed by atoms with E-state index in [0.717, 1.165) is 34.7 Å². The van der Waals surface area contributed by atoms with Crippen molar-refractivity contribution in [2.45, 2.75) is 38.4 Å². The number of rotatable bonds is 9. The molecule has 0 heterocycles. The van der Waals surface area contributed by atoms with Crippen molar-refractivity contribution in [3.8, 4) is 5.75 Å². The van der Waals surface area contributed by atoms with Crippen LogP contribution in [0.3, 0.4) is 0 Å². The van der Waals surface area contributed by atoms with Crippen molar-refractivity contribution in [2.24, 2.45) is 5.92 Å². The van der Waals surface area contributed by atoms with Crippen LogP contribution in [-0.2, 0) is 0 Å². The molecule has 0 radical (unpaired) electrons. The summed E-state index contributed by atoms with van der Waals surface area (Å²) < 4.78 is 0. The molecule has 0 spiro atoms. The third-order valence-electron chi connectivity index (χ3n) is 5.73. The van der Waals surface area contributed by atoms with Crippen LogP contribution in [0, 0.1) is 5.92 Å². The first-order valence-electron chi connectivity index (χ1n) is 10.5. The van der Waals surface area contributed by atoms with Gasteiger partial charge in [-0.15, -0.1) is 6.58 Å². The molecule has 3 aromatic rings. The summed E-state index contributed by atoms with van der Waals surface area (Å²) in [5.74, 6) is -0.153. The Bertz CT molecular complexity index is 1010. The summed E-state index contributed by atoms with van der Waals surface area (Å²) in [7, 11) is 0. The van der Waals surface area contributed by atoms with Crippen molar-refractivity contribution in [3.63, 3.8) is 0 Å². The van der Waals surface area contributed by atoms with Crippen LogP contribution in [0.15, 0.2) is 85.0 Å². The molecule has 30 heavy (non-hydrogen) atoms. The number of aliphatic hydroxyl groups is 2. The first kappa shape index (κ1) is 21.8. The zero-order valence-electron chi connectivity index (χ0n) is 17.4. The Morgan fingerprint density at radius 1 is 0.933 bits per heavy atom. The van der Waals surface area contributed by atoms with Crippen molar-refractivity contribution >= 4 is 16.8 Å². The van der Waals surface area contributed by atoms with E-state index in [1.807, 2.05) is 60.7 Å². The van der Waals surface area contributed by atoms with E-state index in [9.17, 15) is 15.3 Å². The molecule has 0 bridgehead atoms. The van der Waals surface area contributed by atoms with Crippen LogP contribution in [-0.4, -0.2) is 21.4 Å². The zero-order valence-corrected chi connectivity index (χ0v) is 17.4. The molecule has 0 unspecified atom stereocenters. The van der Waals surface area contributed by atoms with Gasteiger partial charge in [0, 0.05) is 11.3 Å². The van der Waals surface area contributed by atoms with Gasteiger partial charge in [0.25, 0.3) is 0 Å². The number of benzene rings is 3. The van der Waals surface area contributed by atoms with E-state index in [1.165, 1.54) is 5.57 Å². The fourth-order valence-electron chi connectivity index (χ4n) is 3.90. The molecule has 0 aliphatic heterocycles. The fraction of sp³-hybridized carbons (Fsp3) is 0.259. The molecule has 0 saturated carbocycles. The molecule has 3 atom stereocenters. The van der Waals surface area contributed by atoms with Crippen LogP contribution in [0.1, 0.15) is 43.4 Å². The monoisotopic (exact) mass is 402 g/mol. The van der Waals surface area contributed by atoms with Gasteiger partial charge in [-0.3, -0.25) is 0 Å². The number of phenols is 1. The molecule has 3 heteroatoms. The van der Waals surface area contributed by atoms with E-state index in [1.54, 1.807) is 12.1 Å². The van der Waals surface area contributed by atoms with Gasteiger partial charge in [-0.1, -0.05) is 85.3 Å². The number of aliphatic hydroxyl groups excluding tert-OH is 2. The largest absolute Gasteiger partial charge is 0.507 e. The third kappa shape index (κ3) is 4.99. The number of hydrogen-bond donors (Lipinski definition) is 3.